The minimum atomic E-state index is -0.419. The molecule has 2 aromatic rings. The summed E-state index contributed by atoms with van der Waals surface area (Å²) >= 11 is 6.09. The molecule has 3 rings (SSSR count). The zero-order chi connectivity index (χ0) is 18.0. The average Bonchev–Trinajstić information content (AvgIpc) is 3.00. The molecule has 1 saturated heterocycles. The SMILES string of the molecule is COc1ccccc1N1C[C@@H](C(=O)Nc2ccc(C)c(Cl)c2)CC1=O. The summed E-state index contributed by atoms with van der Waals surface area (Å²) in [6.45, 7) is 2.22. The zero-order valence-electron chi connectivity index (χ0n) is 14.1. The van der Waals surface area contributed by atoms with E-state index in [2.05, 4.69) is 5.32 Å². The first kappa shape index (κ1) is 17.3. The molecule has 2 amide bonds. The van der Waals surface area contributed by atoms with Crippen LogP contribution in [0.1, 0.15) is 12.0 Å². The van der Waals surface area contributed by atoms with E-state index in [-0.39, 0.29) is 18.2 Å². The zero-order valence-corrected chi connectivity index (χ0v) is 14.8. The fourth-order valence-electron chi connectivity index (χ4n) is 2.88. The van der Waals surface area contributed by atoms with Crippen molar-refractivity contribution in [2.75, 3.05) is 23.9 Å². The van der Waals surface area contributed by atoms with Crippen molar-refractivity contribution in [3.05, 3.63) is 53.1 Å². The second kappa shape index (κ2) is 7.15. The minimum Gasteiger partial charge on any atom is -0.495 e. The number of para-hydroxylation sites is 2. The van der Waals surface area contributed by atoms with Gasteiger partial charge in [0.2, 0.25) is 11.8 Å². The molecule has 2 aromatic carbocycles. The second-order valence-electron chi connectivity index (χ2n) is 6.03. The Morgan fingerprint density at radius 2 is 2.04 bits per heavy atom. The first-order valence-electron chi connectivity index (χ1n) is 8.00. The van der Waals surface area contributed by atoms with Crippen LogP contribution in [0.15, 0.2) is 42.5 Å². The molecule has 0 aromatic heterocycles. The predicted octanol–water partition coefficient (Wildman–Crippen LogP) is 3.65. The quantitative estimate of drug-likeness (QED) is 0.907. The molecule has 1 atom stereocenters. The fourth-order valence-corrected chi connectivity index (χ4v) is 3.06. The Balaban J connectivity index is 1.73. The number of halogens is 1. The van der Waals surface area contributed by atoms with Crippen LogP contribution in [0.25, 0.3) is 0 Å². The Morgan fingerprint density at radius 3 is 2.76 bits per heavy atom. The van der Waals surface area contributed by atoms with E-state index in [1.54, 1.807) is 30.2 Å². The molecule has 0 spiro atoms. The van der Waals surface area contributed by atoms with Crippen molar-refractivity contribution in [2.45, 2.75) is 13.3 Å². The Labute approximate surface area is 151 Å². The summed E-state index contributed by atoms with van der Waals surface area (Å²) in [4.78, 5) is 26.5. The number of carbonyl (C=O) groups excluding carboxylic acids is 2. The van der Waals surface area contributed by atoms with E-state index in [1.807, 2.05) is 31.2 Å². The minimum absolute atomic E-state index is 0.0911. The highest BCUT2D eigenvalue weighted by Crippen LogP contribution is 2.33. The molecule has 1 aliphatic heterocycles. The maximum atomic E-state index is 12.5. The first-order valence-corrected chi connectivity index (χ1v) is 8.38. The van der Waals surface area contributed by atoms with Crippen molar-refractivity contribution in [3.8, 4) is 5.75 Å². The summed E-state index contributed by atoms with van der Waals surface area (Å²) in [5, 5.41) is 3.43. The van der Waals surface area contributed by atoms with Crippen molar-refractivity contribution in [1.29, 1.82) is 0 Å². The van der Waals surface area contributed by atoms with Gasteiger partial charge in [-0.15, -0.1) is 0 Å². The third-order valence-corrected chi connectivity index (χ3v) is 4.72. The lowest BCUT2D eigenvalue weighted by Gasteiger charge is -2.19. The maximum absolute atomic E-state index is 12.5. The molecule has 0 radical (unpaired) electrons. The summed E-state index contributed by atoms with van der Waals surface area (Å²) in [7, 11) is 1.56. The van der Waals surface area contributed by atoms with Crippen LogP contribution in [0.3, 0.4) is 0 Å². The van der Waals surface area contributed by atoms with Gasteiger partial charge in [-0.25, -0.2) is 0 Å². The number of carbonyl (C=O) groups is 2. The van der Waals surface area contributed by atoms with Gasteiger partial charge in [-0.05, 0) is 36.8 Å². The summed E-state index contributed by atoms with van der Waals surface area (Å²) in [5.41, 5.74) is 2.26. The van der Waals surface area contributed by atoms with Crippen LogP contribution < -0.4 is 15.0 Å². The third-order valence-electron chi connectivity index (χ3n) is 4.31. The lowest BCUT2D eigenvalue weighted by Crippen LogP contribution is -2.28. The number of amides is 2. The van der Waals surface area contributed by atoms with E-state index in [1.165, 1.54) is 0 Å². The monoisotopic (exact) mass is 358 g/mol. The van der Waals surface area contributed by atoms with Gasteiger partial charge in [-0.2, -0.15) is 0 Å². The Hall–Kier alpha value is -2.53. The third kappa shape index (κ3) is 3.61. The van der Waals surface area contributed by atoms with Crippen LogP contribution in [0.5, 0.6) is 5.75 Å². The molecule has 1 fully saturated rings. The summed E-state index contributed by atoms with van der Waals surface area (Å²) in [6, 6.07) is 12.7. The molecular weight excluding hydrogens is 340 g/mol. The van der Waals surface area contributed by atoms with Crippen LogP contribution in [0.4, 0.5) is 11.4 Å². The molecule has 0 bridgehead atoms. The normalized spacial score (nSPS) is 16.8. The van der Waals surface area contributed by atoms with Crippen molar-refractivity contribution < 1.29 is 14.3 Å². The van der Waals surface area contributed by atoms with E-state index in [9.17, 15) is 9.59 Å². The van der Waals surface area contributed by atoms with Gasteiger partial charge >= 0.3 is 0 Å². The van der Waals surface area contributed by atoms with E-state index < -0.39 is 5.92 Å². The molecule has 1 heterocycles. The molecular formula is C19H19ClN2O3. The van der Waals surface area contributed by atoms with Crippen LogP contribution in [0.2, 0.25) is 5.02 Å². The molecule has 130 valence electrons. The Bertz CT molecular complexity index is 822. The lowest BCUT2D eigenvalue weighted by molar-refractivity contribution is -0.122. The largest absolute Gasteiger partial charge is 0.495 e. The van der Waals surface area contributed by atoms with Gasteiger partial charge in [0, 0.05) is 23.7 Å². The Morgan fingerprint density at radius 1 is 1.28 bits per heavy atom. The highest BCUT2D eigenvalue weighted by Gasteiger charge is 2.36. The van der Waals surface area contributed by atoms with Gasteiger partial charge in [0.25, 0.3) is 0 Å². The maximum Gasteiger partial charge on any atom is 0.229 e. The summed E-state index contributed by atoms with van der Waals surface area (Å²) in [5.74, 6) is -0.0861. The molecule has 0 saturated carbocycles. The molecule has 1 aliphatic rings. The van der Waals surface area contributed by atoms with Crippen molar-refractivity contribution in [2.24, 2.45) is 5.92 Å². The van der Waals surface area contributed by atoms with E-state index in [4.69, 9.17) is 16.3 Å². The van der Waals surface area contributed by atoms with Crippen LogP contribution in [0, 0.1) is 12.8 Å². The number of nitrogens with zero attached hydrogens (tertiary/aromatic N) is 1. The average molecular weight is 359 g/mol. The standard InChI is InChI=1S/C19H19ClN2O3/c1-12-7-8-14(10-15(12)20)21-19(24)13-9-18(23)22(11-13)16-5-3-4-6-17(16)25-2/h3-8,10,13H,9,11H2,1-2H3,(H,21,24)/t13-/m0/s1. The number of methoxy groups -OCH3 is 1. The second-order valence-corrected chi connectivity index (χ2v) is 6.44. The van der Waals surface area contributed by atoms with Gasteiger partial charge in [-0.1, -0.05) is 29.8 Å². The number of anilines is 2. The Kier molecular flexibility index (Phi) is 4.95. The summed E-state index contributed by atoms with van der Waals surface area (Å²) in [6.07, 6.45) is 0.170. The molecule has 25 heavy (non-hydrogen) atoms. The van der Waals surface area contributed by atoms with Crippen molar-refractivity contribution >= 4 is 34.8 Å². The van der Waals surface area contributed by atoms with E-state index >= 15 is 0 Å². The highest BCUT2D eigenvalue weighted by atomic mass is 35.5. The number of hydrogen-bond donors (Lipinski definition) is 1. The van der Waals surface area contributed by atoms with Gasteiger partial charge in [0.15, 0.2) is 0 Å². The van der Waals surface area contributed by atoms with Crippen molar-refractivity contribution in [3.63, 3.8) is 0 Å². The molecule has 0 aliphatic carbocycles. The predicted molar refractivity (Wildman–Crippen MR) is 98.3 cm³/mol. The molecule has 6 heteroatoms. The first-order chi connectivity index (χ1) is 12.0. The number of benzene rings is 2. The molecule has 0 unspecified atom stereocenters. The molecule has 5 nitrogen and oxygen atoms in total. The van der Waals surface area contributed by atoms with Crippen molar-refractivity contribution in [1.82, 2.24) is 0 Å². The van der Waals surface area contributed by atoms with Gasteiger partial charge in [-0.3, -0.25) is 9.59 Å². The number of aryl methyl sites for hydroxylation is 1. The van der Waals surface area contributed by atoms with Crippen LogP contribution in [-0.2, 0) is 9.59 Å². The molecule has 1 N–H and O–H groups in total. The topological polar surface area (TPSA) is 58.6 Å². The fraction of sp³-hybridized carbons (Fsp3) is 0.263. The number of ether oxygens (including phenoxy) is 1. The smallest absolute Gasteiger partial charge is 0.229 e. The number of rotatable bonds is 4. The highest BCUT2D eigenvalue weighted by molar-refractivity contribution is 6.31. The van der Waals surface area contributed by atoms with E-state index in [0.717, 1.165) is 5.56 Å². The number of nitrogens with one attached hydrogen (secondary N) is 1. The van der Waals surface area contributed by atoms with Crippen LogP contribution >= 0.6 is 11.6 Å². The summed E-state index contributed by atoms with van der Waals surface area (Å²) < 4.78 is 5.31. The van der Waals surface area contributed by atoms with E-state index in [0.29, 0.717) is 28.7 Å². The van der Waals surface area contributed by atoms with Gasteiger partial charge in [0.1, 0.15) is 5.75 Å². The lowest BCUT2D eigenvalue weighted by atomic mass is 10.1. The van der Waals surface area contributed by atoms with Crippen LogP contribution in [-0.4, -0.2) is 25.5 Å². The number of hydrogen-bond acceptors (Lipinski definition) is 3. The van der Waals surface area contributed by atoms with Gasteiger partial charge in [0.05, 0.1) is 18.7 Å². The van der Waals surface area contributed by atoms with Gasteiger partial charge < -0.3 is 15.0 Å².